The fourth-order valence-electron chi connectivity index (χ4n) is 2.51. The van der Waals surface area contributed by atoms with E-state index in [1.807, 2.05) is 30.3 Å². The van der Waals surface area contributed by atoms with E-state index in [0.29, 0.717) is 0 Å². The molecule has 7 nitrogen and oxygen atoms in total. The van der Waals surface area contributed by atoms with E-state index in [0.717, 1.165) is 10.5 Å². The molecule has 0 aliphatic carbocycles. The normalized spacial score (nSPS) is 12.7. The Balaban J connectivity index is 1.54. The number of rotatable bonds is 4. The lowest BCUT2D eigenvalue weighted by atomic mass is 10.1. The summed E-state index contributed by atoms with van der Waals surface area (Å²) in [5.74, 6) is -1.82. The second-order valence-electron chi connectivity index (χ2n) is 5.46. The van der Waals surface area contributed by atoms with Crippen molar-refractivity contribution in [3.63, 3.8) is 0 Å². The SMILES string of the molecule is O=C(CN1C(=O)c2ccccc2C1=O)NC(=O)NCc1ccccc1. The third kappa shape index (κ3) is 3.55. The van der Waals surface area contributed by atoms with Gasteiger partial charge in [-0.05, 0) is 17.7 Å². The molecule has 0 saturated carbocycles. The third-order valence-electron chi connectivity index (χ3n) is 3.73. The van der Waals surface area contributed by atoms with Crippen molar-refractivity contribution in [1.82, 2.24) is 15.5 Å². The molecule has 2 aromatic carbocycles. The fourth-order valence-corrected chi connectivity index (χ4v) is 2.51. The number of nitrogens with one attached hydrogen (secondary N) is 2. The third-order valence-corrected chi connectivity index (χ3v) is 3.73. The molecule has 3 rings (SSSR count). The van der Waals surface area contributed by atoms with Crippen molar-refractivity contribution in [2.75, 3.05) is 6.54 Å². The Labute approximate surface area is 143 Å². The van der Waals surface area contributed by atoms with E-state index in [9.17, 15) is 19.2 Å². The van der Waals surface area contributed by atoms with Crippen LogP contribution in [0.4, 0.5) is 4.79 Å². The van der Waals surface area contributed by atoms with E-state index in [2.05, 4.69) is 10.6 Å². The van der Waals surface area contributed by atoms with Crippen LogP contribution in [0, 0.1) is 0 Å². The van der Waals surface area contributed by atoms with Crippen LogP contribution in [-0.4, -0.2) is 35.2 Å². The molecule has 2 N–H and O–H groups in total. The molecule has 0 fully saturated rings. The molecule has 7 heteroatoms. The maximum absolute atomic E-state index is 12.2. The van der Waals surface area contributed by atoms with Crippen LogP contribution in [0.3, 0.4) is 0 Å². The van der Waals surface area contributed by atoms with E-state index in [1.165, 1.54) is 12.1 Å². The van der Waals surface area contributed by atoms with Crippen LogP contribution in [0.5, 0.6) is 0 Å². The van der Waals surface area contributed by atoms with Gasteiger partial charge in [-0.1, -0.05) is 42.5 Å². The Morgan fingerprint density at radius 1 is 0.840 bits per heavy atom. The zero-order valence-corrected chi connectivity index (χ0v) is 13.2. The molecule has 2 aromatic rings. The molecule has 1 aliphatic heterocycles. The lowest BCUT2D eigenvalue weighted by molar-refractivity contribution is -0.120. The van der Waals surface area contributed by atoms with Crippen LogP contribution in [0.15, 0.2) is 54.6 Å². The summed E-state index contributed by atoms with van der Waals surface area (Å²) in [6.07, 6.45) is 0. The molecule has 0 radical (unpaired) electrons. The van der Waals surface area contributed by atoms with E-state index in [-0.39, 0.29) is 17.7 Å². The first-order valence-corrected chi connectivity index (χ1v) is 7.63. The maximum Gasteiger partial charge on any atom is 0.321 e. The van der Waals surface area contributed by atoms with E-state index >= 15 is 0 Å². The van der Waals surface area contributed by atoms with E-state index < -0.39 is 30.3 Å². The maximum atomic E-state index is 12.2. The number of fused-ring (bicyclic) bond motifs is 1. The molecule has 5 amide bonds. The molecule has 0 bridgehead atoms. The van der Waals surface area contributed by atoms with Gasteiger partial charge in [0.2, 0.25) is 5.91 Å². The minimum absolute atomic E-state index is 0.257. The predicted molar refractivity (Wildman–Crippen MR) is 88.6 cm³/mol. The summed E-state index contributed by atoms with van der Waals surface area (Å²) in [5, 5.41) is 4.64. The van der Waals surface area contributed by atoms with E-state index in [1.54, 1.807) is 12.1 Å². The Morgan fingerprint density at radius 3 is 2.00 bits per heavy atom. The number of carbonyl (C=O) groups is 4. The molecular formula is C18H15N3O4. The van der Waals surface area contributed by atoms with Crippen LogP contribution in [0.1, 0.15) is 26.3 Å². The van der Waals surface area contributed by atoms with Gasteiger partial charge < -0.3 is 5.32 Å². The summed E-state index contributed by atoms with van der Waals surface area (Å²) < 4.78 is 0. The quantitative estimate of drug-likeness (QED) is 0.822. The molecule has 0 spiro atoms. The highest BCUT2D eigenvalue weighted by molar-refractivity contribution is 6.22. The Morgan fingerprint density at radius 2 is 1.40 bits per heavy atom. The number of nitrogens with zero attached hydrogens (tertiary/aromatic N) is 1. The van der Waals surface area contributed by atoms with Crippen LogP contribution < -0.4 is 10.6 Å². The van der Waals surface area contributed by atoms with Crippen LogP contribution >= 0.6 is 0 Å². The van der Waals surface area contributed by atoms with Gasteiger partial charge >= 0.3 is 6.03 Å². The predicted octanol–water partition coefficient (Wildman–Crippen LogP) is 1.31. The monoisotopic (exact) mass is 337 g/mol. The number of urea groups is 1. The zero-order valence-electron chi connectivity index (χ0n) is 13.2. The molecule has 0 unspecified atom stereocenters. The lowest BCUT2D eigenvalue weighted by Gasteiger charge is -2.13. The minimum Gasteiger partial charge on any atom is -0.334 e. The molecule has 25 heavy (non-hydrogen) atoms. The summed E-state index contributed by atoms with van der Waals surface area (Å²) in [5.41, 5.74) is 1.40. The smallest absolute Gasteiger partial charge is 0.321 e. The topological polar surface area (TPSA) is 95.6 Å². The number of hydrogen-bond donors (Lipinski definition) is 2. The zero-order chi connectivity index (χ0) is 17.8. The summed E-state index contributed by atoms with van der Waals surface area (Å²) in [6, 6.07) is 14.8. The van der Waals surface area contributed by atoms with Crippen LogP contribution in [-0.2, 0) is 11.3 Å². The van der Waals surface area contributed by atoms with Crippen molar-refractivity contribution < 1.29 is 19.2 Å². The Bertz CT molecular complexity index is 813. The van der Waals surface area contributed by atoms with Gasteiger partial charge in [-0.25, -0.2) is 4.79 Å². The Kier molecular flexibility index (Phi) is 4.56. The highest BCUT2D eigenvalue weighted by atomic mass is 16.2. The average Bonchev–Trinajstić information content (AvgIpc) is 2.86. The second kappa shape index (κ2) is 6.96. The van der Waals surface area contributed by atoms with Crippen LogP contribution in [0.2, 0.25) is 0 Å². The van der Waals surface area contributed by atoms with Gasteiger partial charge in [-0.2, -0.15) is 0 Å². The molecule has 0 saturated heterocycles. The number of imide groups is 2. The standard InChI is InChI=1S/C18H15N3O4/c22-15(20-18(25)19-10-12-6-2-1-3-7-12)11-21-16(23)13-8-4-5-9-14(13)17(21)24/h1-9H,10-11H2,(H2,19,20,22,25). The van der Waals surface area contributed by atoms with Gasteiger partial charge in [0, 0.05) is 6.54 Å². The van der Waals surface area contributed by atoms with E-state index in [4.69, 9.17) is 0 Å². The van der Waals surface area contributed by atoms with Crippen LogP contribution in [0.25, 0.3) is 0 Å². The van der Waals surface area contributed by atoms with Crippen molar-refractivity contribution in [1.29, 1.82) is 0 Å². The van der Waals surface area contributed by atoms with Crippen molar-refractivity contribution in [3.05, 3.63) is 71.3 Å². The van der Waals surface area contributed by atoms with Gasteiger partial charge in [-0.15, -0.1) is 0 Å². The highest BCUT2D eigenvalue weighted by Crippen LogP contribution is 2.21. The first kappa shape index (κ1) is 16.4. The first-order chi connectivity index (χ1) is 12.1. The summed E-state index contributed by atoms with van der Waals surface area (Å²) in [7, 11) is 0. The molecule has 0 atom stereocenters. The Hall–Kier alpha value is -3.48. The van der Waals surface area contributed by atoms with Crippen molar-refractivity contribution in [2.24, 2.45) is 0 Å². The first-order valence-electron chi connectivity index (χ1n) is 7.63. The summed E-state index contributed by atoms with van der Waals surface area (Å²) >= 11 is 0. The van der Waals surface area contributed by atoms with Gasteiger partial charge in [0.15, 0.2) is 0 Å². The van der Waals surface area contributed by atoms with Gasteiger partial charge in [-0.3, -0.25) is 24.6 Å². The van der Waals surface area contributed by atoms with Crippen molar-refractivity contribution in [2.45, 2.75) is 6.54 Å². The van der Waals surface area contributed by atoms with Crippen molar-refractivity contribution >= 4 is 23.8 Å². The van der Waals surface area contributed by atoms with Gasteiger partial charge in [0.25, 0.3) is 11.8 Å². The number of hydrogen-bond acceptors (Lipinski definition) is 4. The van der Waals surface area contributed by atoms with Gasteiger partial charge in [0.1, 0.15) is 6.54 Å². The summed E-state index contributed by atoms with van der Waals surface area (Å²) in [4.78, 5) is 48.8. The van der Waals surface area contributed by atoms with Crippen molar-refractivity contribution in [3.8, 4) is 0 Å². The number of amides is 5. The number of carbonyl (C=O) groups excluding carboxylic acids is 4. The minimum atomic E-state index is -0.736. The molecule has 0 aromatic heterocycles. The average molecular weight is 337 g/mol. The molecule has 1 aliphatic rings. The summed E-state index contributed by atoms with van der Waals surface area (Å²) in [6.45, 7) is -0.252. The molecular weight excluding hydrogens is 322 g/mol. The number of benzene rings is 2. The second-order valence-corrected chi connectivity index (χ2v) is 5.46. The van der Waals surface area contributed by atoms with Gasteiger partial charge in [0.05, 0.1) is 11.1 Å². The fraction of sp³-hybridized carbons (Fsp3) is 0.111. The molecule has 126 valence electrons. The molecule has 1 heterocycles. The largest absolute Gasteiger partial charge is 0.334 e. The highest BCUT2D eigenvalue weighted by Gasteiger charge is 2.36. The lowest BCUT2D eigenvalue weighted by Crippen LogP contribution is -2.45.